The molecule has 0 atom stereocenters. The second kappa shape index (κ2) is 6.58. The third kappa shape index (κ3) is 3.43. The largest absolute Gasteiger partial charge is 0.454 e. The average molecular weight is 313 g/mol. The molecular weight excluding hydrogens is 298 g/mol. The minimum absolute atomic E-state index is 0.187. The number of fused-ring (bicyclic) bond motifs is 1. The highest BCUT2D eigenvalue weighted by molar-refractivity contribution is 7.98. The van der Waals surface area contributed by atoms with Crippen LogP contribution in [0.1, 0.15) is 5.56 Å². The van der Waals surface area contributed by atoms with Gasteiger partial charge in [0.15, 0.2) is 11.5 Å². The highest BCUT2D eigenvalue weighted by Gasteiger charge is 2.13. The number of thioether (sulfide) groups is 1. The Labute approximate surface area is 133 Å². The molecule has 0 fully saturated rings. The molecule has 5 heteroatoms. The van der Waals surface area contributed by atoms with Crippen molar-refractivity contribution in [1.29, 1.82) is 0 Å². The van der Waals surface area contributed by atoms with Gasteiger partial charge in [-0.05, 0) is 42.2 Å². The van der Waals surface area contributed by atoms with Gasteiger partial charge in [0.05, 0.1) is 0 Å². The van der Waals surface area contributed by atoms with Crippen molar-refractivity contribution in [2.45, 2.75) is 4.90 Å². The Kier molecular flexibility index (Phi) is 4.34. The number of hydrogen-bond donors (Lipinski definition) is 1. The first-order valence-corrected chi connectivity index (χ1v) is 8.00. The second-order valence-corrected chi connectivity index (χ2v) is 5.54. The Morgan fingerprint density at radius 3 is 2.68 bits per heavy atom. The summed E-state index contributed by atoms with van der Waals surface area (Å²) in [6.45, 7) is 0.221. The van der Waals surface area contributed by atoms with Crippen molar-refractivity contribution in [2.24, 2.45) is 0 Å². The molecule has 1 heterocycles. The summed E-state index contributed by atoms with van der Waals surface area (Å²) < 4.78 is 10.5. The lowest BCUT2D eigenvalue weighted by molar-refractivity contribution is -0.111. The van der Waals surface area contributed by atoms with E-state index in [1.807, 2.05) is 30.5 Å². The summed E-state index contributed by atoms with van der Waals surface area (Å²) in [7, 11) is 0. The van der Waals surface area contributed by atoms with Gasteiger partial charge in [-0.3, -0.25) is 4.79 Å². The molecule has 0 unspecified atom stereocenters. The third-order valence-corrected chi connectivity index (χ3v) is 3.93. The maximum Gasteiger partial charge on any atom is 0.248 e. The number of rotatable bonds is 4. The van der Waals surface area contributed by atoms with Crippen LogP contribution in [0.3, 0.4) is 0 Å². The van der Waals surface area contributed by atoms with Crippen molar-refractivity contribution in [3.8, 4) is 11.5 Å². The van der Waals surface area contributed by atoms with Crippen molar-refractivity contribution in [1.82, 2.24) is 0 Å². The molecule has 0 saturated heterocycles. The maximum absolute atomic E-state index is 11.9. The summed E-state index contributed by atoms with van der Waals surface area (Å²) in [6, 6.07) is 13.3. The van der Waals surface area contributed by atoms with Crippen LogP contribution < -0.4 is 14.8 Å². The molecule has 0 spiro atoms. The van der Waals surface area contributed by atoms with E-state index in [0.29, 0.717) is 17.2 Å². The first kappa shape index (κ1) is 14.5. The fraction of sp³-hybridized carbons (Fsp3) is 0.118. The van der Waals surface area contributed by atoms with Crippen LogP contribution >= 0.6 is 11.8 Å². The minimum atomic E-state index is -0.187. The zero-order valence-electron chi connectivity index (χ0n) is 12.0. The first-order valence-electron chi connectivity index (χ1n) is 6.77. The van der Waals surface area contributed by atoms with E-state index in [2.05, 4.69) is 5.32 Å². The topological polar surface area (TPSA) is 47.6 Å². The van der Waals surface area contributed by atoms with E-state index >= 15 is 0 Å². The monoisotopic (exact) mass is 313 g/mol. The van der Waals surface area contributed by atoms with Gasteiger partial charge in [-0.1, -0.05) is 12.1 Å². The number of anilines is 1. The second-order valence-electron chi connectivity index (χ2n) is 4.66. The van der Waals surface area contributed by atoms with Crippen molar-refractivity contribution in [3.05, 3.63) is 54.1 Å². The maximum atomic E-state index is 11.9. The van der Waals surface area contributed by atoms with Gasteiger partial charge in [0.1, 0.15) is 0 Å². The molecule has 2 aromatic rings. The van der Waals surface area contributed by atoms with Crippen LogP contribution in [0.5, 0.6) is 11.5 Å². The van der Waals surface area contributed by atoms with Crippen LogP contribution in [0.4, 0.5) is 5.69 Å². The van der Waals surface area contributed by atoms with E-state index in [1.54, 1.807) is 36.0 Å². The number of carbonyl (C=O) groups is 1. The molecule has 0 radical (unpaired) electrons. The van der Waals surface area contributed by atoms with Crippen LogP contribution in [-0.2, 0) is 4.79 Å². The van der Waals surface area contributed by atoms with E-state index in [1.165, 1.54) is 11.0 Å². The Balaban J connectivity index is 1.63. The average Bonchev–Trinajstić information content (AvgIpc) is 3.01. The Hall–Kier alpha value is -2.40. The van der Waals surface area contributed by atoms with Crippen LogP contribution in [0.2, 0.25) is 0 Å². The summed E-state index contributed by atoms with van der Waals surface area (Å²) in [5.74, 6) is 1.16. The molecule has 1 N–H and O–H groups in total. The number of benzene rings is 2. The quantitative estimate of drug-likeness (QED) is 0.689. The molecule has 0 bridgehead atoms. The molecule has 1 aliphatic heterocycles. The predicted molar refractivity (Wildman–Crippen MR) is 88.5 cm³/mol. The Bertz CT molecular complexity index is 710. The molecule has 0 aliphatic carbocycles. The molecule has 22 heavy (non-hydrogen) atoms. The predicted octanol–water partition coefficient (Wildman–Crippen LogP) is 3.79. The fourth-order valence-corrected chi connectivity index (χ4v) is 2.45. The Morgan fingerprint density at radius 2 is 1.91 bits per heavy atom. The summed E-state index contributed by atoms with van der Waals surface area (Å²) in [5, 5.41) is 2.80. The number of amides is 1. The lowest BCUT2D eigenvalue weighted by Crippen LogP contribution is -2.07. The molecule has 0 saturated carbocycles. The van der Waals surface area contributed by atoms with Crippen LogP contribution in [0, 0.1) is 0 Å². The highest BCUT2D eigenvalue weighted by atomic mass is 32.2. The molecule has 4 nitrogen and oxygen atoms in total. The number of carbonyl (C=O) groups excluding carboxylic acids is 1. The van der Waals surface area contributed by atoms with E-state index in [4.69, 9.17) is 9.47 Å². The van der Waals surface area contributed by atoms with E-state index in [0.717, 1.165) is 5.56 Å². The van der Waals surface area contributed by atoms with Crippen molar-refractivity contribution >= 4 is 29.4 Å². The Morgan fingerprint density at radius 1 is 1.14 bits per heavy atom. The number of nitrogens with one attached hydrogen (secondary N) is 1. The molecule has 2 aromatic carbocycles. The third-order valence-electron chi connectivity index (χ3n) is 3.18. The summed E-state index contributed by atoms with van der Waals surface area (Å²) in [4.78, 5) is 13.1. The molecule has 1 amide bonds. The molecule has 3 rings (SSSR count). The van der Waals surface area contributed by atoms with Gasteiger partial charge in [0.2, 0.25) is 12.7 Å². The van der Waals surface area contributed by atoms with Gasteiger partial charge in [0.25, 0.3) is 0 Å². The summed E-state index contributed by atoms with van der Waals surface area (Å²) >= 11 is 1.69. The normalized spacial score (nSPS) is 12.6. The van der Waals surface area contributed by atoms with Gasteiger partial charge >= 0.3 is 0 Å². The molecule has 0 aromatic heterocycles. The van der Waals surface area contributed by atoms with Gasteiger partial charge in [-0.15, -0.1) is 11.8 Å². The number of hydrogen-bond acceptors (Lipinski definition) is 4. The van der Waals surface area contributed by atoms with Crippen molar-refractivity contribution < 1.29 is 14.3 Å². The number of ether oxygens (including phenoxy) is 2. The zero-order chi connectivity index (χ0) is 15.4. The van der Waals surface area contributed by atoms with E-state index < -0.39 is 0 Å². The van der Waals surface area contributed by atoms with Gasteiger partial charge in [0, 0.05) is 22.7 Å². The van der Waals surface area contributed by atoms with Crippen molar-refractivity contribution in [2.75, 3.05) is 18.4 Å². The fourth-order valence-electron chi connectivity index (χ4n) is 2.05. The molecule has 1 aliphatic rings. The van der Waals surface area contributed by atoms with Crippen LogP contribution in [-0.4, -0.2) is 19.0 Å². The van der Waals surface area contributed by atoms with Crippen LogP contribution in [0.25, 0.3) is 6.08 Å². The standard InChI is InChI=1S/C17H15NO3S/c1-22-14-6-2-12(3-7-14)4-9-17(19)18-13-5-8-15-16(10-13)21-11-20-15/h2-10H,11H2,1H3,(H,18,19)/b9-4+. The zero-order valence-corrected chi connectivity index (χ0v) is 12.9. The molecule has 112 valence electrons. The van der Waals surface area contributed by atoms with Crippen LogP contribution in [0.15, 0.2) is 53.4 Å². The SMILES string of the molecule is CSc1ccc(/C=C/C(=O)Nc2ccc3c(c2)OCO3)cc1. The summed E-state index contributed by atoms with van der Waals surface area (Å²) in [6.07, 6.45) is 5.33. The lowest BCUT2D eigenvalue weighted by atomic mass is 10.2. The van der Waals surface area contributed by atoms with Gasteiger partial charge in [-0.25, -0.2) is 0 Å². The van der Waals surface area contributed by atoms with Crippen molar-refractivity contribution in [3.63, 3.8) is 0 Å². The highest BCUT2D eigenvalue weighted by Crippen LogP contribution is 2.34. The first-order chi connectivity index (χ1) is 10.7. The lowest BCUT2D eigenvalue weighted by Gasteiger charge is -2.03. The van der Waals surface area contributed by atoms with E-state index in [-0.39, 0.29) is 12.7 Å². The van der Waals surface area contributed by atoms with E-state index in [9.17, 15) is 4.79 Å². The minimum Gasteiger partial charge on any atom is -0.454 e. The van der Waals surface area contributed by atoms with Gasteiger partial charge in [-0.2, -0.15) is 0 Å². The summed E-state index contributed by atoms with van der Waals surface area (Å²) in [5.41, 5.74) is 1.66. The molecular formula is C17H15NO3S. The van der Waals surface area contributed by atoms with Gasteiger partial charge < -0.3 is 14.8 Å². The smallest absolute Gasteiger partial charge is 0.248 e.